The summed E-state index contributed by atoms with van der Waals surface area (Å²) in [6.07, 6.45) is -3.76. The number of benzene rings is 1. The molecule has 1 aliphatic heterocycles. The molecule has 27 heavy (non-hydrogen) atoms. The molecule has 1 fully saturated rings. The fourth-order valence-electron chi connectivity index (χ4n) is 2.85. The zero-order valence-electron chi connectivity index (χ0n) is 15.5. The van der Waals surface area contributed by atoms with Crippen molar-refractivity contribution in [3.05, 3.63) is 35.9 Å². The first-order chi connectivity index (χ1) is 12.5. The van der Waals surface area contributed by atoms with Gasteiger partial charge in [-0.2, -0.15) is 13.2 Å². The van der Waals surface area contributed by atoms with Gasteiger partial charge in [-0.05, 0) is 12.0 Å². The lowest BCUT2D eigenvalue weighted by atomic mass is 10.2. The van der Waals surface area contributed by atoms with E-state index in [-0.39, 0.29) is 30.6 Å². The van der Waals surface area contributed by atoms with Gasteiger partial charge in [0.1, 0.15) is 6.61 Å². The summed E-state index contributed by atoms with van der Waals surface area (Å²) < 4.78 is 40.6. The number of nitrogens with zero attached hydrogens (tertiary/aromatic N) is 3. The molecule has 1 aliphatic rings. The van der Waals surface area contributed by atoms with Gasteiger partial charge in [0.15, 0.2) is 5.96 Å². The van der Waals surface area contributed by atoms with Crippen molar-refractivity contribution in [1.82, 2.24) is 15.1 Å². The molecule has 0 aromatic heterocycles. The first-order valence-electron chi connectivity index (χ1n) is 8.84. The van der Waals surface area contributed by atoms with E-state index in [1.165, 1.54) is 5.56 Å². The molecule has 1 heterocycles. The summed E-state index contributed by atoms with van der Waals surface area (Å²) in [4.78, 5) is 8.86. The average molecular weight is 500 g/mol. The van der Waals surface area contributed by atoms with Gasteiger partial charge >= 0.3 is 6.18 Å². The number of guanidine groups is 1. The minimum atomic E-state index is -4.26. The van der Waals surface area contributed by atoms with Crippen molar-refractivity contribution in [2.75, 3.05) is 53.0 Å². The second kappa shape index (κ2) is 12.4. The Balaban J connectivity index is 0.00000364. The van der Waals surface area contributed by atoms with Crippen LogP contribution >= 0.6 is 24.0 Å². The molecule has 0 radical (unpaired) electrons. The summed E-state index contributed by atoms with van der Waals surface area (Å²) in [5.41, 5.74) is 1.31. The predicted molar refractivity (Wildman–Crippen MR) is 112 cm³/mol. The molecule has 1 aromatic rings. The third-order valence-electron chi connectivity index (χ3n) is 4.15. The lowest BCUT2D eigenvalue weighted by Crippen LogP contribution is -2.52. The van der Waals surface area contributed by atoms with E-state index in [9.17, 15) is 13.2 Å². The quantitative estimate of drug-likeness (QED) is 0.271. The van der Waals surface area contributed by atoms with E-state index < -0.39 is 12.8 Å². The molecule has 0 amide bonds. The standard InChI is InChI=1S/C18H27F3N4O.HI/c1-22-17(23-8-5-13-26-15-18(19,20)21)25-11-9-24(10-12-25)14-16-6-3-2-4-7-16;/h2-4,6-7H,5,8-15H2,1H3,(H,22,23);1H. The molecule has 0 saturated carbocycles. The molecule has 0 spiro atoms. The minimum Gasteiger partial charge on any atom is -0.372 e. The van der Waals surface area contributed by atoms with Crippen LogP contribution in [-0.4, -0.2) is 74.9 Å². The average Bonchev–Trinajstić information content (AvgIpc) is 2.62. The van der Waals surface area contributed by atoms with Crippen LogP contribution in [0.1, 0.15) is 12.0 Å². The van der Waals surface area contributed by atoms with Gasteiger partial charge in [0.05, 0.1) is 0 Å². The molecular weight excluding hydrogens is 472 g/mol. The van der Waals surface area contributed by atoms with Crippen molar-refractivity contribution in [2.24, 2.45) is 4.99 Å². The number of halogens is 4. The number of nitrogens with one attached hydrogen (secondary N) is 1. The van der Waals surface area contributed by atoms with Crippen molar-refractivity contribution in [1.29, 1.82) is 0 Å². The van der Waals surface area contributed by atoms with Crippen LogP contribution in [0.15, 0.2) is 35.3 Å². The minimum absolute atomic E-state index is 0. The zero-order valence-corrected chi connectivity index (χ0v) is 17.9. The monoisotopic (exact) mass is 500 g/mol. The predicted octanol–water partition coefficient (Wildman–Crippen LogP) is 2.97. The summed E-state index contributed by atoms with van der Waals surface area (Å²) >= 11 is 0. The van der Waals surface area contributed by atoms with Gasteiger partial charge in [-0.3, -0.25) is 9.89 Å². The zero-order chi connectivity index (χ0) is 18.8. The molecule has 2 rings (SSSR count). The van der Waals surface area contributed by atoms with Gasteiger partial charge in [-0.15, -0.1) is 24.0 Å². The van der Waals surface area contributed by atoms with Gasteiger partial charge in [0.25, 0.3) is 0 Å². The molecule has 9 heteroatoms. The van der Waals surface area contributed by atoms with Crippen molar-refractivity contribution in [3.8, 4) is 0 Å². The van der Waals surface area contributed by atoms with Crippen LogP contribution in [-0.2, 0) is 11.3 Å². The van der Waals surface area contributed by atoms with E-state index in [1.807, 2.05) is 6.07 Å². The second-order valence-electron chi connectivity index (χ2n) is 6.24. The van der Waals surface area contributed by atoms with Gasteiger partial charge in [-0.25, -0.2) is 0 Å². The van der Waals surface area contributed by atoms with E-state index in [1.54, 1.807) is 7.05 Å². The summed E-state index contributed by atoms with van der Waals surface area (Å²) in [5, 5.41) is 3.20. The van der Waals surface area contributed by atoms with Crippen LogP contribution in [0.4, 0.5) is 13.2 Å². The Bertz CT molecular complexity index is 549. The molecule has 1 N–H and O–H groups in total. The fourth-order valence-corrected chi connectivity index (χ4v) is 2.85. The van der Waals surface area contributed by atoms with E-state index in [2.05, 4.69) is 49.1 Å². The van der Waals surface area contributed by atoms with Crippen LogP contribution < -0.4 is 5.32 Å². The molecule has 0 unspecified atom stereocenters. The molecule has 154 valence electrons. The number of hydrogen-bond donors (Lipinski definition) is 1. The second-order valence-corrected chi connectivity index (χ2v) is 6.24. The number of piperazine rings is 1. The first kappa shape index (κ1) is 24.0. The SMILES string of the molecule is CN=C(NCCCOCC(F)(F)F)N1CCN(Cc2ccccc2)CC1.I. The highest BCUT2D eigenvalue weighted by molar-refractivity contribution is 14.0. The van der Waals surface area contributed by atoms with E-state index in [0.717, 1.165) is 38.7 Å². The maximum Gasteiger partial charge on any atom is 0.411 e. The Morgan fingerprint density at radius 1 is 1.15 bits per heavy atom. The molecule has 0 aliphatic carbocycles. The maximum absolute atomic E-state index is 12.0. The number of aliphatic imine (C=N–C) groups is 1. The van der Waals surface area contributed by atoms with Crippen molar-refractivity contribution >= 4 is 29.9 Å². The summed E-state index contributed by atoms with van der Waals surface area (Å²) in [5.74, 6) is 0.792. The highest BCUT2D eigenvalue weighted by Crippen LogP contribution is 2.14. The van der Waals surface area contributed by atoms with Crippen molar-refractivity contribution in [3.63, 3.8) is 0 Å². The Morgan fingerprint density at radius 3 is 2.41 bits per heavy atom. The Labute approximate surface area is 176 Å². The summed E-state index contributed by atoms with van der Waals surface area (Å²) in [7, 11) is 1.72. The molecular formula is C18H28F3IN4O. The van der Waals surface area contributed by atoms with Crippen molar-refractivity contribution in [2.45, 2.75) is 19.1 Å². The van der Waals surface area contributed by atoms with Crippen LogP contribution in [0.2, 0.25) is 0 Å². The molecule has 0 atom stereocenters. The molecule has 0 bridgehead atoms. The topological polar surface area (TPSA) is 40.1 Å². The van der Waals surface area contributed by atoms with Gasteiger partial charge in [0, 0.05) is 52.9 Å². The Morgan fingerprint density at radius 2 is 1.81 bits per heavy atom. The molecule has 1 aromatic carbocycles. The van der Waals surface area contributed by atoms with Crippen LogP contribution in [0.5, 0.6) is 0 Å². The lowest BCUT2D eigenvalue weighted by Gasteiger charge is -2.36. The molecule has 5 nitrogen and oxygen atoms in total. The number of rotatable bonds is 7. The highest BCUT2D eigenvalue weighted by atomic mass is 127. The third-order valence-corrected chi connectivity index (χ3v) is 4.15. The van der Waals surface area contributed by atoms with Gasteiger partial charge in [0.2, 0.25) is 0 Å². The number of ether oxygens (including phenoxy) is 1. The maximum atomic E-state index is 12.0. The largest absolute Gasteiger partial charge is 0.411 e. The highest BCUT2D eigenvalue weighted by Gasteiger charge is 2.27. The number of alkyl halides is 3. The number of hydrogen-bond acceptors (Lipinski definition) is 3. The Hall–Kier alpha value is -1.07. The summed E-state index contributed by atoms with van der Waals surface area (Å²) in [6.45, 7) is 4.01. The molecule has 1 saturated heterocycles. The van der Waals surface area contributed by atoms with E-state index in [0.29, 0.717) is 13.0 Å². The summed E-state index contributed by atoms with van der Waals surface area (Å²) in [6, 6.07) is 10.4. The van der Waals surface area contributed by atoms with Gasteiger partial charge < -0.3 is 15.0 Å². The van der Waals surface area contributed by atoms with Crippen LogP contribution in [0.3, 0.4) is 0 Å². The normalized spacial score (nSPS) is 16.1. The van der Waals surface area contributed by atoms with E-state index in [4.69, 9.17) is 0 Å². The van der Waals surface area contributed by atoms with Crippen LogP contribution in [0, 0.1) is 0 Å². The third kappa shape index (κ3) is 9.61. The Kier molecular flexibility index (Phi) is 11.0. The van der Waals surface area contributed by atoms with E-state index >= 15 is 0 Å². The fraction of sp³-hybridized carbons (Fsp3) is 0.611. The van der Waals surface area contributed by atoms with Crippen LogP contribution in [0.25, 0.3) is 0 Å². The first-order valence-corrected chi connectivity index (χ1v) is 8.84. The van der Waals surface area contributed by atoms with Gasteiger partial charge in [-0.1, -0.05) is 30.3 Å². The van der Waals surface area contributed by atoms with Crippen molar-refractivity contribution < 1.29 is 17.9 Å². The smallest absolute Gasteiger partial charge is 0.372 e. The lowest BCUT2D eigenvalue weighted by molar-refractivity contribution is -0.173.